The molecule has 19 heavy (non-hydrogen) atoms. The van der Waals surface area contributed by atoms with E-state index in [2.05, 4.69) is 10.6 Å². The Bertz CT molecular complexity index is 399. The minimum absolute atomic E-state index is 0.00173. The highest BCUT2D eigenvalue weighted by molar-refractivity contribution is 6.30. The summed E-state index contributed by atoms with van der Waals surface area (Å²) in [4.78, 5) is 11.7. The van der Waals surface area contributed by atoms with E-state index in [9.17, 15) is 4.79 Å². The van der Waals surface area contributed by atoms with Crippen molar-refractivity contribution in [1.29, 1.82) is 0 Å². The number of halogens is 1. The van der Waals surface area contributed by atoms with Gasteiger partial charge in [0.25, 0.3) is 0 Å². The first-order valence-corrected chi connectivity index (χ1v) is 7.38. The van der Waals surface area contributed by atoms with Gasteiger partial charge >= 0.3 is 0 Å². The largest absolute Gasteiger partial charge is 0.325 e. The number of anilines is 1. The van der Waals surface area contributed by atoms with E-state index in [1.165, 1.54) is 32.1 Å². The average molecular weight is 281 g/mol. The van der Waals surface area contributed by atoms with Gasteiger partial charge < -0.3 is 10.6 Å². The fraction of sp³-hybridized carbons (Fsp3) is 0.533. The van der Waals surface area contributed by atoms with E-state index >= 15 is 0 Å². The number of amides is 1. The molecule has 4 heteroatoms. The van der Waals surface area contributed by atoms with Gasteiger partial charge in [0.05, 0.1) is 6.54 Å². The molecule has 2 N–H and O–H groups in total. The van der Waals surface area contributed by atoms with Gasteiger partial charge in [-0.2, -0.15) is 0 Å². The molecular formula is C15H21ClN2O. The lowest BCUT2D eigenvalue weighted by atomic mass is 9.89. The minimum Gasteiger partial charge on any atom is -0.325 e. The van der Waals surface area contributed by atoms with Crippen LogP contribution < -0.4 is 10.6 Å². The van der Waals surface area contributed by atoms with Crippen molar-refractivity contribution in [3.63, 3.8) is 0 Å². The summed E-state index contributed by atoms with van der Waals surface area (Å²) in [6.45, 7) is 1.33. The summed E-state index contributed by atoms with van der Waals surface area (Å²) in [5.74, 6) is 0.746. The number of hydrogen-bond acceptors (Lipinski definition) is 2. The van der Waals surface area contributed by atoms with Crippen molar-refractivity contribution in [3.05, 3.63) is 29.3 Å². The van der Waals surface area contributed by atoms with Gasteiger partial charge in [0, 0.05) is 10.7 Å². The molecule has 2 rings (SSSR count). The lowest BCUT2D eigenvalue weighted by Gasteiger charge is -2.21. The molecule has 0 aliphatic heterocycles. The maximum Gasteiger partial charge on any atom is 0.238 e. The van der Waals surface area contributed by atoms with Gasteiger partial charge in [-0.25, -0.2) is 0 Å². The Morgan fingerprint density at radius 2 is 1.84 bits per heavy atom. The number of carbonyl (C=O) groups is 1. The molecule has 1 saturated carbocycles. The molecule has 3 nitrogen and oxygen atoms in total. The zero-order valence-corrected chi connectivity index (χ0v) is 11.9. The lowest BCUT2D eigenvalue weighted by Crippen LogP contribution is -2.32. The Morgan fingerprint density at radius 3 is 2.53 bits per heavy atom. The maximum absolute atomic E-state index is 11.7. The van der Waals surface area contributed by atoms with Gasteiger partial charge in [-0.1, -0.05) is 30.9 Å². The molecule has 0 spiro atoms. The van der Waals surface area contributed by atoms with Gasteiger partial charge in [0.2, 0.25) is 5.91 Å². The van der Waals surface area contributed by atoms with Crippen molar-refractivity contribution in [3.8, 4) is 0 Å². The van der Waals surface area contributed by atoms with E-state index in [0.717, 1.165) is 18.2 Å². The summed E-state index contributed by atoms with van der Waals surface area (Å²) >= 11 is 5.79. The second-order valence-corrected chi connectivity index (χ2v) is 5.63. The molecule has 0 unspecified atom stereocenters. The summed E-state index contributed by atoms with van der Waals surface area (Å²) in [5.41, 5.74) is 0.786. The van der Waals surface area contributed by atoms with E-state index in [1.54, 1.807) is 24.3 Å². The molecule has 1 aliphatic carbocycles. The quantitative estimate of drug-likeness (QED) is 0.867. The van der Waals surface area contributed by atoms with Crippen molar-refractivity contribution < 1.29 is 4.79 Å². The van der Waals surface area contributed by atoms with Crippen molar-refractivity contribution >= 4 is 23.2 Å². The second kappa shape index (κ2) is 7.51. The predicted molar refractivity (Wildman–Crippen MR) is 79.5 cm³/mol. The van der Waals surface area contributed by atoms with Crippen LogP contribution in [0, 0.1) is 5.92 Å². The van der Waals surface area contributed by atoms with E-state index < -0.39 is 0 Å². The van der Waals surface area contributed by atoms with E-state index in [0.29, 0.717) is 11.6 Å². The Balaban J connectivity index is 1.65. The number of carbonyl (C=O) groups excluding carboxylic acids is 1. The van der Waals surface area contributed by atoms with Gasteiger partial charge in [0.15, 0.2) is 0 Å². The standard InChI is InChI=1S/C15H21ClN2O/c16-13-6-8-14(9-7-13)18-15(19)11-17-10-12-4-2-1-3-5-12/h6-9,12,17H,1-5,10-11H2,(H,18,19). The third-order valence-electron chi connectivity index (χ3n) is 3.57. The zero-order chi connectivity index (χ0) is 13.5. The summed E-state index contributed by atoms with van der Waals surface area (Å²) in [5, 5.41) is 6.77. The van der Waals surface area contributed by atoms with Crippen LogP contribution in [0.4, 0.5) is 5.69 Å². The van der Waals surface area contributed by atoms with Crippen LogP contribution in [0.25, 0.3) is 0 Å². The van der Waals surface area contributed by atoms with Crippen LogP contribution in [0.15, 0.2) is 24.3 Å². The topological polar surface area (TPSA) is 41.1 Å². The summed E-state index contributed by atoms with van der Waals surface area (Å²) in [6, 6.07) is 7.15. The number of rotatable bonds is 5. The van der Waals surface area contributed by atoms with Crippen LogP contribution in [-0.2, 0) is 4.79 Å². The van der Waals surface area contributed by atoms with Gasteiger partial charge in [-0.3, -0.25) is 4.79 Å². The molecule has 0 saturated heterocycles. The SMILES string of the molecule is O=C(CNCC1CCCCC1)Nc1ccc(Cl)cc1. The first-order chi connectivity index (χ1) is 9.24. The van der Waals surface area contributed by atoms with Crippen LogP contribution in [0.3, 0.4) is 0 Å². The van der Waals surface area contributed by atoms with E-state index in [1.807, 2.05) is 0 Å². The van der Waals surface area contributed by atoms with Crippen LogP contribution in [0.2, 0.25) is 5.02 Å². The Kier molecular flexibility index (Phi) is 5.67. The van der Waals surface area contributed by atoms with Gasteiger partial charge in [-0.05, 0) is 49.6 Å². The normalized spacial score (nSPS) is 16.3. The third kappa shape index (κ3) is 5.21. The molecule has 0 radical (unpaired) electrons. The number of benzene rings is 1. The molecule has 1 aromatic rings. The van der Waals surface area contributed by atoms with Crippen LogP contribution in [0.5, 0.6) is 0 Å². The fourth-order valence-corrected chi connectivity index (χ4v) is 2.65. The molecule has 0 heterocycles. The minimum atomic E-state index is -0.00173. The molecule has 0 aromatic heterocycles. The summed E-state index contributed by atoms with van der Waals surface area (Å²) < 4.78 is 0. The third-order valence-corrected chi connectivity index (χ3v) is 3.82. The van der Waals surface area contributed by atoms with Crippen molar-refractivity contribution in [2.45, 2.75) is 32.1 Å². The van der Waals surface area contributed by atoms with Crippen molar-refractivity contribution in [2.24, 2.45) is 5.92 Å². The second-order valence-electron chi connectivity index (χ2n) is 5.19. The average Bonchev–Trinajstić information content (AvgIpc) is 2.43. The number of nitrogens with one attached hydrogen (secondary N) is 2. The Hall–Kier alpha value is -1.06. The molecule has 1 aromatic carbocycles. The first kappa shape index (κ1) is 14.4. The molecule has 1 aliphatic rings. The highest BCUT2D eigenvalue weighted by Gasteiger charge is 2.13. The van der Waals surface area contributed by atoms with Gasteiger partial charge in [-0.15, -0.1) is 0 Å². The Labute approximate surface area is 119 Å². The predicted octanol–water partition coefficient (Wildman–Crippen LogP) is 3.45. The van der Waals surface area contributed by atoms with E-state index in [-0.39, 0.29) is 5.91 Å². The summed E-state index contributed by atoms with van der Waals surface area (Å²) in [6.07, 6.45) is 6.64. The molecule has 1 fully saturated rings. The molecule has 104 valence electrons. The van der Waals surface area contributed by atoms with E-state index in [4.69, 9.17) is 11.6 Å². The molecule has 0 bridgehead atoms. The maximum atomic E-state index is 11.7. The molecule has 1 amide bonds. The van der Waals surface area contributed by atoms with Crippen LogP contribution in [0.1, 0.15) is 32.1 Å². The molecule has 0 atom stereocenters. The smallest absolute Gasteiger partial charge is 0.238 e. The lowest BCUT2D eigenvalue weighted by molar-refractivity contribution is -0.115. The fourth-order valence-electron chi connectivity index (χ4n) is 2.52. The van der Waals surface area contributed by atoms with Crippen LogP contribution in [-0.4, -0.2) is 19.0 Å². The molecular weight excluding hydrogens is 260 g/mol. The van der Waals surface area contributed by atoms with Crippen molar-refractivity contribution in [2.75, 3.05) is 18.4 Å². The zero-order valence-electron chi connectivity index (χ0n) is 11.1. The Morgan fingerprint density at radius 1 is 1.16 bits per heavy atom. The monoisotopic (exact) mass is 280 g/mol. The first-order valence-electron chi connectivity index (χ1n) is 7.00. The van der Waals surface area contributed by atoms with Gasteiger partial charge in [0.1, 0.15) is 0 Å². The summed E-state index contributed by atoms with van der Waals surface area (Å²) in [7, 11) is 0. The van der Waals surface area contributed by atoms with Crippen molar-refractivity contribution in [1.82, 2.24) is 5.32 Å². The number of hydrogen-bond donors (Lipinski definition) is 2. The van der Waals surface area contributed by atoms with Crippen LogP contribution >= 0.6 is 11.6 Å². The highest BCUT2D eigenvalue weighted by Crippen LogP contribution is 2.22. The highest BCUT2D eigenvalue weighted by atomic mass is 35.5.